The molecule has 122 valence electrons. The topological polar surface area (TPSA) is 27.5 Å². The lowest BCUT2D eigenvalue weighted by molar-refractivity contribution is 0.212. The lowest BCUT2D eigenvalue weighted by Gasteiger charge is -2.35. The van der Waals surface area contributed by atoms with Crippen molar-refractivity contribution in [2.45, 2.75) is 19.6 Å². The maximum Gasteiger partial charge on any atom is 0.205 e. The fourth-order valence-electron chi connectivity index (χ4n) is 3.55. The van der Waals surface area contributed by atoms with E-state index in [1.165, 1.54) is 17.2 Å². The lowest BCUT2D eigenvalue weighted by atomic mass is 10.2. The molecule has 23 heavy (non-hydrogen) atoms. The number of nitrogens with zero attached hydrogens (tertiary/aromatic N) is 5. The number of hydrogen-bond acceptors (Lipinski definition) is 4. The summed E-state index contributed by atoms with van der Waals surface area (Å²) < 4.78 is 2.42. The molecule has 1 fully saturated rings. The number of hydrogen-bond donors (Lipinski definition) is 0. The summed E-state index contributed by atoms with van der Waals surface area (Å²) in [5, 5.41) is 0. The number of benzene rings is 1. The third kappa shape index (κ3) is 3.12. The summed E-state index contributed by atoms with van der Waals surface area (Å²) in [6.45, 7) is 8.58. The van der Waals surface area contributed by atoms with Gasteiger partial charge in [-0.2, -0.15) is 0 Å². The van der Waals surface area contributed by atoms with Crippen LogP contribution < -0.4 is 4.90 Å². The van der Waals surface area contributed by atoms with Gasteiger partial charge in [0.1, 0.15) is 0 Å². The van der Waals surface area contributed by atoms with Gasteiger partial charge in [0.25, 0.3) is 0 Å². The van der Waals surface area contributed by atoms with Crippen LogP contribution in [0.2, 0.25) is 0 Å². The highest BCUT2D eigenvalue weighted by molar-refractivity contribution is 5.35. The van der Waals surface area contributed by atoms with Crippen LogP contribution in [0.25, 0.3) is 0 Å². The van der Waals surface area contributed by atoms with Crippen LogP contribution in [0, 0.1) is 0 Å². The van der Waals surface area contributed by atoms with Crippen molar-refractivity contribution in [3.63, 3.8) is 0 Å². The van der Waals surface area contributed by atoms with E-state index in [0.29, 0.717) is 0 Å². The summed E-state index contributed by atoms with van der Waals surface area (Å²) in [5.41, 5.74) is 2.74. The number of anilines is 1. The predicted octanol–water partition coefficient (Wildman–Crippen LogP) is 1.65. The minimum atomic E-state index is 0.996. The molecule has 0 aliphatic carbocycles. The van der Waals surface area contributed by atoms with E-state index in [9.17, 15) is 0 Å². The van der Waals surface area contributed by atoms with E-state index in [4.69, 9.17) is 4.98 Å². The van der Waals surface area contributed by atoms with E-state index in [0.717, 1.165) is 52.4 Å². The van der Waals surface area contributed by atoms with Crippen molar-refractivity contribution >= 4 is 5.95 Å². The quantitative estimate of drug-likeness (QED) is 0.861. The first-order valence-electron chi connectivity index (χ1n) is 8.54. The Bertz CT molecular complexity index is 643. The fourth-order valence-corrected chi connectivity index (χ4v) is 3.55. The van der Waals surface area contributed by atoms with E-state index in [2.05, 4.69) is 62.8 Å². The van der Waals surface area contributed by atoms with Gasteiger partial charge in [0, 0.05) is 52.4 Å². The van der Waals surface area contributed by atoms with Gasteiger partial charge in [-0.05, 0) is 12.6 Å². The van der Waals surface area contributed by atoms with E-state index in [-0.39, 0.29) is 0 Å². The molecule has 3 heterocycles. The third-order valence-electron chi connectivity index (χ3n) is 4.98. The number of piperazine rings is 1. The normalized spacial score (nSPS) is 19.8. The van der Waals surface area contributed by atoms with Crippen LogP contribution >= 0.6 is 0 Å². The molecule has 2 aliphatic rings. The molecule has 0 radical (unpaired) electrons. The molecule has 2 aromatic rings. The van der Waals surface area contributed by atoms with Crippen molar-refractivity contribution in [2.24, 2.45) is 0 Å². The molecular weight excluding hydrogens is 286 g/mol. The van der Waals surface area contributed by atoms with Gasteiger partial charge in [0.05, 0.1) is 11.9 Å². The monoisotopic (exact) mass is 311 g/mol. The van der Waals surface area contributed by atoms with Gasteiger partial charge in [-0.25, -0.2) is 4.98 Å². The zero-order valence-electron chi connectivity index (χ0n) is 13.9. The molecule has 5 nitrogen and oxygen atoms in total. The van der Waals surface area contributed by atoms with E-state index >= 15 is 0 Å². The van der Waals surface area contributed by atoms with Gasteiger partial charge in [-0.15, -0.1) is 0 Å². The molecule has 2 aliphatic heterocycles. The molecular formula is C18H25N5. The van der Waals surface area contributed by atoms with E-state index < -0.39 is 0 Å². The molecule has 1 aromatic carbocycles. The van der Waals surface area contributed by atoms with Crippen molar-refractivity contribution in [1.29, 1.82) is 0 Å². The maximum atomic E-state index is 4.73. The highest BCUT2D eigenvalue weighted by Gasteiger charge is 2.24. The summed E-state index contributed by atoms with van der Waals surface area (Å²) in [5.74, 6) is 1.17. The number of rotatable bonds is 3. The standard InChI is InChI=1S/C18H25N5/c1-20-7-10-22(11-8-20)18-19-13-17-15-21(9-12-23(17)18)14-16-5-3-2-4-6-16/h2-6,13H,7-12,14-15H2,1H3. The molecule has 0 atom stereocenters. The first-order chi connectivity index (χ1) is 11.3. The highest BCUT2D eigenvalue weighted by Crippen LogP contribution is 2.22. The second kappa shape index (κ2) is 6.34. The SMILES string of the molecule is CN1CCN(c2ncc3n2CCN(Cc2ccccc2)C3)CC1. The summed E-state index contributed by atoms with van der Waals surface area (Å²) in [6.07, 6.45) is 2.07. The molecule has 0 N–H and O–H groups in total. The van der Waals surface area contributed by atoms with Gasteiger partial charge in [-0.1, -0.05) is 30.3 Å². The van der Waals surface area contributed by atoms with Crippen LogP contribution in [0.15, 0.2) is 36.5 Å². The van der Waals surface area contributed by atoms with Gasteiger partial charge in [-0.3, -0.25) is 4.90 Å². The smallest absolute Gasteiger partial charge is 0.205 e. The summed E-state index contributed by atoms with van der Waals surface area (Å²) >= 11 is 0. The minimum absolute atomic E-state index is 0.996. The molecule has 5 heteroatoms. The largest absolute Gasteiger partial charge is 0.340 e. The molecule has 0 unspecified atom stereocenters. The van der Waals surface area contributed by atoms with E-state index in [1.54, 1.807) is 0 Å². The van der Waals surface area contributed by atoms with Crippen LogP contribution in [0.4, 0.5) is 5.95 Å². The average molecular weight is 311 g/mol. The predicted molar refractivity (Wildman–Crippen MR) is 92.5 cm³/mol. The van der Waals surface area contributed by atoms with Crippen molar-refractivity contribution in [1.82, 2.24) is 19.4 Å². The first-order valence-corrected chi connectivity index (χ1v) is 8.54. The van der Waals surface area contributed by atoms with Crippen molar-refractivity contribution in [2.75, 3.05) is 44.7 Å². The number of fused-ring (bicyclic) bond motifs is 1. The van der Waals surface area contributed by atoms with Crippen molar-refractivity contribution in [3.05, 3.63) is 47.8 Å². The van der Waals surface area contributed by atoms with Crippen LogP contribution in [-0.4, -0.2) is 59.1 Å². The van der Waals surface area contributed by atoms with Gasteiger partial charge in [0.15, 0.2) is 0 Å². The van der Waals surface area contributed by atoms with Gasteiger partial charge >= 0.3 is 0 Å². The van der Waals surface area contributed by atoms with Crippen LogP contribution in [0.5, 0.6) is 0 Å². The van der Waals surface area contributed by atoms with Crippen molar-refractivity contribution in [3.8, 4) is 0 Å². The second-order valence-corrected chi connectivity index (χ2v) is 6.69. The first kappa shape index (κ1) is 14.7. The van der Waals surface area contributed by atoms with Crippen LogP contribution in [0.1, 0.15) is 11.3 Å². The van der Waals surface area contributed by atoms with E-state index in [1.807, 2.05) is 0 Å². The molecule has 0 amide bonds. The Morgan fingerprint density at radius 1 is 0.957 bits per heavy atom. The zero-order chi connectivity index (χ0) is 15.6. The number of likely N-dealkylation sites (N-methyl/N-ethyl adjacent to an activating group) is 1. The molecule has 1 aromatic heterocycles. The van der Waals surface area contributed by atoms with Gasteiger partial charge in [0.2, 0.25) is 5.95 Å². The Balaban J connectivity index is 1.45. The average Bonchev–Trinajstić information content (AvgIpc) is 3.00. The molecule has 0 spiro atoms. The van der Waals surface area contributed by atoms with Crippen LogP contribution in [0.3, 0.4) is 0 Å². The lowest BCUT2D eigenvalue weighted by Crippen LogP contribution is -2.46. The maximum absolute atomic E-state index is 4.73. The highest BCUT2D eigenvalue weighted by atomic mass is 15.4. The summed E-state index contributed by atoms with van der Waals surface area (Å²) in [6, 6.07) is 10.7. The molecule has 1 saturated heterocycles. The Morgan fingerprint density at radius 2 is 1.74 bits per heavy atom. The Morgan fingerprint density at radius 3 is 2.52 bits per heavy atom. The second-order valence-electron chi connectivity index (χ2n) is 6.69. The Hall–Kier alpha value is -1.85. The number of imidazole rings is 1. The Kier molecular flexibility index (Phi) is 4.06. The Labute approximate surface area is 138 Å². The zero-order valence-corrected chi connectivity index (χ0v) is 13.9. The fraction of sp³-hybridized carbons (Fsp3) is 0.500. The molecule has 4 rings (SSSR count). The van der Waals surface area contributed by atoms with Crippen molar-refractivity contribution < 1.29 is 0 Å². The minimum Gasteiger partial charge on any atom is -0.340 e. The summed E-state index contributed by atoms with van der Waals surface area (Å²) in [7, 11) is 2.19. The molecule has 0 saturated carbocycles. The van der Waals surface area contributed by atoms with Crippen LogP contribution in [-0.2, 0) is 19.6 Å². The van der Waals surface area contributed by atoms with Gasteiger partial charge < -0.3 is 14.4 Å². The molecule has 0 bridgehead atoms. The number of aromatic nitrogens is 2. The summed E-state index contributed by atoms with van der Waals surface area (Å²) in [4.78, 5) is 12.1. The third-order valence-corrected chi connectivity index (χ3v) is 4.98.